The summed E-state index contributed by atoms with van der Waals surface area (Å²) in [4.78, 5) is 31.1. The van der Waals surface area contributed by atoms with E-state index in [1.165, 1.54) is 23.5 Å². The molecular formula is C22H25FN6OS. The summed E-state index contributed by atoms with van der Waals surface area (Å²) in [5, 5.41) is 3.73. The highest BCUT2D eigenvalue weighted by Gasteiger charge is 2.32. The normalized spacial score (nSPS) is 15.9. The Morgan fingerprint density at radius 1 is 1.32 bits per heavy atom. The molecule has 1 N–H and O–H groups in total. The molecule has 31 heavy (non-hydrogen) atoms. The van der Waals surface area contributed by atoms with Crippen molar-refractivity contribution in [2.24, 2.45) is 0 Å². The van der Waals surface area contributed by atoms with Gasteiger partial charge in [-0.1, -0.05) is 23.5 Å². The maximum atomic E-state index is 13.9. The van der Waals surface area contributed by atoms with E-state index in [0.29, 0.717) is 23.9 Å². The second-order valence-electron chi connectivity index (χ2n) is 7.79. The fourth-order valence-corrected chi connectivity index (χ4v) is 4.69. The molecule has 9 heteroatoms. The standard InChI is InChI=1S/C22H25FN6OS/c1-13-19(31-22(24-2)26-13)20(30)29-9-8-15(12-29)18-17(11-25-21(27-18)28(3)4)14-6-5-7-16(23)10-14/h5-7,10-11,15H,8-9,12H2,1-4H3,(H,24,26)/t15-/m1/s1. The Kier molecular flexibility index (Phi) is 5.86. The molecule has 1 amide bonds. The molecule has 4 rings (SSSR count). The van der Waals surface area contributed by atoms with Gasteiger partial charge in [0.25, 0.3) is 5.91 Å². The molecule has 3 heterocycles. The number of amides is 1. The number of hydrogen-bond acceptors (Lipinski definition) is 7. The van der Waals surface area contributed by atoms with Crippen molar-refractivity contribution in [3.05, 3.63) is 52.5 Å². The van der Waals surface area contributed by atoms with E-state index in [9.17, 15) is 9.18 Å². The van der Waals surface area contributed by atoms with E-state index in [-0.39, 0.29) is 17.6 Å². The second-order valence-corrected chi connectivity index (χ2v) is 8.79. The molecule has 0 bridgehead atoms. The Bertz CT molecular complexity index is 1120. The van der Waals surface area contributed by atoms with Crippen LogP contribution >= 0.6 is 11.3 Å². The number of thiazole rings is 1. The van der Waals surface area contributed by atoms with E-state index in [0.717, 1.165) is 34.1 Å². The first-order valence-corrected chi connectivity index (χ1v) is 10.9. The Morgan fingerprint density at radius 2 is 2.13 bits per heavy atom. The monoisotopic (exact) mass is 440 g/mol. The predicted molar refractivity (Wildman–Crippen MR) is 121 cm³/mol. The Labute approximate surface area is 185 Å². The van der Waals surface area contributed by atoms with Crippen LogP contribution in [0, 0.1) is 12.7 Å². The van der Waals surface area contributed by atoms with Crippen LogP contribution in [0.25, 0.3) is 11.1 Å². The molecule has 2 aromatic heterocycles. The lowest BCUT2D eigenvalue weighted by Crippen LogP contribution is -2.28. The Morgan fingerprint density at radius 3 is 2.81 bits per heavy atom. The summed E-state index contributed by atoms with van der Waals surface area (Å²) in [7, 11) is 5.57. The molecule has 1 saturated heterocycles. The van der Waals surface area contributed by atoms with E-state index in [4.69, 9.17) is 4.98 Å². The molecule has 1 aliphatic rings. The summed E-state index contributed by atoms with van der Waals surface area (Å²) in [5.74, 6) is 0.329. The number of nitrogens with zero attached hydrogens (tertiary/aromatic N) is 5. The van der Waals surface area contributed by atoms with Crippen LogP contribution in [0.3, 0.4) is 0 Å². The molecule has 0 radical (unpaired) electrons. The van der Waals surface area contributed by atoms with Crippen LogP contribution in [0.5, 0.6) is 0 Å². The predicted octanol–water partition coefficient (Wildman–Crippen LogP) is 3.79. The zero-order valence-corrected chi connectivity index (χ0v) is 18.8. The summed E-state index contributed by atoms with van der Waals surface area (Å²) in [6, 6.07) is 6.46. The van der Waals surface area contributed by atoms with Crippen molar-refractivity contribution in [1.82, 2.24) is 19.9 Å². The summed E-state index contributed by atoms with van der Waals surface area (Å²) in [6.45, 7) is 3.05. The van der Waals surface area contributed by atoms with Gasteiger partial charge in [0.05, 0.1) is 11.4 Å². The minimum absolute atomic E-state index is 0.00630. The molecule has 3 aromatic rings. The van der Waals surface area contributed by atoms with Gasteiger partial charge in [-0.15, -0.1) is 0 Å². The number of anilines is 2. The van der Waals surface area contributed by atoms with Crippen molar-refractivity contribution in [1.29, 1.82) is 0 Å². The molecule has 7 nitrogen and oxygen atoms in total. The summed E-state index contributed by atoms with van der Waals surface area (Å²) in [5.41, 5.74) is 3.12. The first kappa shape index (κ1) is 21.2. The smallest absolute Gasteiger partial charge is 0.265 e. The van der Waals surface area contributed by atoms with E-state index in [2.05, 4.69) is 15.3 Å². The van der Waals surface area contributed by atoms with Crippen LogP contribution in [-0.4, -0.2) is 60.0 Å². The molecule has 1 atom stereocenters. The number of aromatic nitrogens is 3. The molecule has 0 unspecified atom stereocenters. The average Bonchev–Trinajstić information content (AvgIpc) is 3.39. The van der Waals surface area contributed by atoms with Crippen molar-refractivity contribution in [2.75, 3.05) is 44.4 Å². The van der Waals surface area contributed by atoms with Gasteiger partial charge in [0.2, 0.25) is 5.95 Å². The third-order valence-electron chi connectivity index (χ3n) is 5.41. The number of benzene rings is 1. The number of nitrogens with one attached hydrogen (secondary N) is 1. The van der Waals surface area contributed by atoms with E-state index >= 15 is 0 Å². The minimum Gasteiger partial charge on any atom is -0.365 e. The molecule has 1 aromatic carbocycles. The lowest BCUT2D eigenvalue weighted by Gasteiger charge is -2.19. The Balaban J connectivity index is 1.65. The molecular weight excluding hydrogens is 415 g/mol. The highest BCUT2D eigenvalue weighted by molar-refractivity contribution is 7.17. The highest BCUT2D eigenvalue weighted by atomic mass is 32.1. The number of likely N-dealkylation sites (tertiary alicyclic amines) is 1. The van der Waals surface area contributed by atoms with Crippen LogP contribution in [0.1, 0.15) is 33.4 Å². The molecule has 162 valence electrons. The Hall–Kier alpha value is -3.07. The van der Waals surface area contributed by atoms with Crippen LogP contribution in [0.4, 0.5) is 15.5 Å². The number of hydrogen-bond donors (Lipinski definition) is 1. The lowest BCUT2D eigenvalue weighted by molar-refractivity contribution is 0.0794. The highest BCUT2D eigenvalue weighted by Crippen LogP contribution is 2.35. The van der Waals surface area contributed by atoms with Gasteiger partial charge in [-0.3, -0.25) is 4.79 Å². The van der Waals surface area contributed by atoms with Gasteiger partial charge in [-0.05, 0) is 31.0 Å². The van der Waals surface area contributed by atoms with Crippen molar-refractivity contribution in [3.8, 4) is 11.1 Å². The van der Waals surface area contributed by atoms with Gasteiger partial charge < -0.3 is 15.1 Å². The van der Waals surface area contributed by atoms with Gasteiger partial charge in [0.1, 0.15) is 10.7 Å². The third-order valence-corrected chi connectivity index (χ3v) is 6.57. The zero-order valence-electron chi connectivity index (χ0n) is 18.0. The number of rotatable bonds is 5. The summed E-state index contributed by atoms with van der Waals surface area (Å²) < 4.78 is 13.9. The molecule has 0 saturated carbocycles. The van der Waals surface area contributed by atoms with Gasteiger partial charge in [-0.25, -0.2) is 19.3 Å². The SMILES string of the molecule is CNc1nc(C)c(C(=O)N2CC[C@@H](c3nc(N(C)C)ncc3-c3cccc(F)c3)C2)s1. The topological polar surface area (TPSA) is 74.2 Å². The van der Waals surface area contributed by atoms with Crippen molar-refractivity contribution in [2.45, 2.75) is 19.3 Å². The maximum Gasteiger partial charge on any atom is 0.265 e. The minimum atomic E-state index is -0.302. The van der Waals surface area contributed by atoms with Crippen LogP contribution in [0.2, 0.25) is 0 Å². The van der Waals surface area contributed by atoms with Crippen molar-refractivity contribution < 1.29 is 9.18 Å². The van der Waals surface area contributed by atoms with Gasteiger partial charge in [-0.2, -0.15) is 0 Å². The number of carbonyl (C=O) groups is 1. The van der Waals surface area contributed by atoms with Crippen molar-refractivity contribution in [3.63, 3.8) is 0 Å². The molecule has 1 fully saturated rings. The van der Waals surface area contributed by atoms with Crippen LogP contribution < -0.4 is 10.2 Å². The van der Waals surface area contributed by atoms with Crippen LogP contribution in [0.15, 0.2) is 30.5 Å². The largest absolute Gasteiger partial charge is 0.365 e. The quantitative estimate of drug-likeness (QED) is 0.651. The second kappa shape index (κ2) is 8.58. The summed E-state index contributed by atoms with van der Waals surface area (Å²) in [6.07, 6.45) is 2.54. The first-order chi connectivity index (χ1) is 14.9. The van der Waals surface area contributed by atoms with Gasteiger partial charge in [0, 0.05) is 51.9 Å². The third kappa shape index (κ3) is 4.23. The van der Waals surface area contributed by atoms with Gasteiger partial charge in [0.15, 0.2) is 5.13 Å². The number of carbonyl (C=O) groups excluding carboxylic acids is 1. The summed E-state index contributed by atoms with van der Waals surface area (Å²) >= 11 is 1.37. The fraction of sp³-hybridized carbons (Fsp3) is 0.364. The number of halogens is 1. The molecule has 1 aliphatic heterocycles. The first-order valence-electron chi connectivity index (χ1n) is 10.1. The van der Waals surface area contributed by atoms with Crippen molar-refractivity contribution >= 4 is 28.3 Å². The molecule has 0 spiro atoms. The van der Waals surface area contributed by atoms with Crippen LogP contribution in [-0.2, 0) is 0 Å². The van der Waals surface area contributed by atoms with E-state index in [1.54, 1.807) is 19.3 Å². The molecule has 0 aliphatic carbocycles. The fourth-order valence-electron chi connectivity index (χ4n) is 3.80. The maximum absolute atomic E-state index is 13.9. The average molecular weight is 441 g/mol. The lowest BCUT2D eigenvalue weighted by atomic mass is 9.96. The van der Waals surface area contributed by atoms with E-state index < -0.39 is 0 Å². The number of aryl methyl sites for hydroxylation is 1. The van der Waals surface area contributed by atoms with Gasteiger partial charge >= 0.3 is 0 Å². The van der Waals surface area contributed by atoms with E-state index in [1.807, 2.05) is 36.9 Å². The zero-order chi connectivity index (χ0) is 22.1.